The second-order valence-corrected chi connectivity index (χ2v) is 7.46. The van der Waals surface area contributed by atoms with Gasteiger partial charge >= 0.3 is 0 Å². The minimum absolute atomic E-state index is 0.0218. The summed E-state index contributed by atoms with van der Waals surface area (Å²) in [5.41, 5.74) is 1.27. The van der Waals surface area contributed by atoms with Crippen molar-refractivity contribution >= 4 is 11.8 Å². The molecule has 0 radical (unpaired) electrons. The fraction of sp³-hybridized carbons (Fsp3) is 0.304. The number of carbonyl (C=O) groups excluding carboxylic acids is 2. The van der Waals surface area contributed by atoms with Crippen LogP contribution in [0.3, 0.4) is 0 Å². The molecule has 166 valence electrons. The van der Waals surface area contributed by atoms with E-state index in [1.165, 1.54) is 12.1 Å². The summed E-state index contributed by atoms with van der Waals surface area (Å²) in [6.07, 6.45) is 0.272. The predicted octanol–water partition coefficient (Wildman–Crippen LogP) is 3.05. The Morgan fingerprint density at radius 1 is 1.25 bits per heavy atom. The van der Waals surface area contributed by atoms with Gasteiger partial charge in [-0.05, 0) is 36.8 Å². The van der Waals surface area contributed by atoms with Crippen LogP contribution in [0.2, 0.25) is 0 Å². The number of benzene rings is 2. The van der Waals surface area contributed by atoms with Crippen LogP contribution < -0.4 is 10.1 Å². The van der Waals surface area contributed by atoms with Crippen LogP contribution in [0.25, 0.3) is 0 Å². The molecule has 1 fully saturated rings. The molecule has 1 saturated heterocycles. The van der Waals surface area contributed by atoms with E-state index in [0.29, 0.717) is 36.8 Å². The zero-order chi connectivity index (χ0) is 22.5. The zero-order valence-electron chi connectivity index (χ0n) is 17.6. The van der Waals surface area contributed by atoms with Crippen molar-refractivity contribution in [1.82, 2.24) is 20.4 Å². The van der Waals surface area contributed by atoms with Crippen molar-refractivity contribution in [2.24, 2.45) is 0 Å². The number of amides is 2. The predicted molar refractivity (Wildman–Crippen MR) is 112 cm³/mol. The van der Waals surface area contributed by atoms with Crippen LogP contribution >= 0.6 is 0 Å². The van der Waals surface area contributed by atoms with Crippen molar-refractivity contribution in [3.63, 3.8) is 0 Å². The molecule has 0 spiro atoms. The molecule has 1 aromatic heterocycles. The fourth-order valence-corrected chi connectivity index (χ4v) is 3.60. The van der Waals surface area contributed by atoms with E-state index in [1.807, 2.05) is 6.92 Å². The number of para-hydroxylation sites is 1. The summed E-state index contributed by atoms with van der Waals surface area (Å²) < 4.78 is 23.8. The van der Waals surface area contributed by atoms with Crippen LogP contribution in [0.1, 0.15) is 46.9 Å². The van der Waals surface area contributed by atoms with E-state index in [0.717, 1.165) is 5.56 Å². The number of likely N-dealkylation sites (tertiary alicyclic amines) is 1. The Morgan fingerprint density at radius 3 is 2.81 bits per heavy atom. The maximum absolute atomic E-state index is 13.1. The summed E-state index contributed by atoms with van der Waals surface area (Å²) in [4.78, 5) is 30.9. The third kappa shape index (κ3) is 4.93. The SMILES string of the molecule is CCOc1ccccc1C(=O)NCc1nc([C@@H]2CC(=O)N(Cc3ccc(F)cc3)C2)no1. The van der Waals surface area contributed by atoms with Crippen LogP contribution in [0.5, 0.6) is 5.75 Å². The quantitative estimate of drug-likeness (QED) is 0.581. The van der Waals surface area contributed by atoms with E-state index < -0.39 is 0 Å². The monoisotopic (exact) mass is 438 g/mol. The van der Waals surface area contributed by atoms with Gasteiger partial charge in [0.15, 0.2) is 5.82 Å². The van der Waals surface area contributed by atoms with E-state index in [4.69, 9.17) is 9.26 Å². The summed E-state index contributed by atoms with van der Waals surface area (Å²) in [5, 5.41) is 6.74. The summed E-state index contributed by atoms with van der Waals surface area (Å²) in [7, 11) is 0. The normalized spacial score (nSPS) is 15.8. The fourth-order valence-electron chi connectivity index (χ4n) is 3.60. The summed E-state index contributed by atoms with van der Waals surface area (Å²) in [6.45, 7) is 3.21. The minimum Gasteiger partial charge on any atom is -0.493 e. The molecule has 0 unspecified atom stereocenters. The first-order chi connectivity index (χ1) is 15.5. The number of rotatable bonds is 8. The number of nitrogens with zero attached hydrogens (tertiary/aromatic N) is 3. The van der Waals surface area contributed by atoms with E-state index in [1.54, 1.807) is 41.3 Å². The first-order valence-corrected chi connectivity index (χ1v) is 10.4. The molecule has 2 aromatic carbocycles. The van der Waals surface area contributed by atoms with Gasteiger partial charge in [-0.3, -0.25) is 9.59 Å². The van der Waals surface area contributed by atoms with Crippen molar-refractivity contribution in [2.45, 2.75) is 32.4 Å². The lowest BCUT2D eigenvalue weighted by Crippen LogP contribution is -2.24. The first-order valence-electron chi connectivity index (χ1n) is 10.4. The van der Waals surface area contributed by atoms with Gasteiger partial charge in [0.1, 0.15) is 11.6 Å². The summed E-state index contributed by atoms with van der Waals surface area (Å²) in [6, 6.07) is 13.0. The molecule has 2 amide bonds. The molecule has 1 N–H and O–H groups in total. The van der Waals surface area contributed by atoms with Gasteiger partial charge in [-0.2, -0.15) is 4.98 Å². The summed E-state index contributed by atoms with van der Waals surface area (Å²) >= 11 is 0. The molecule has 0 aliphatic carbocycles. The standard InChI is InChI=1S/C23H23FN4O4/c1-2-31-19-6-4-3-5-18(19)23(30)25-12-20-26-22(27-32-20)16-11-21(29)28(14-16)13-15-7-9-17(24)10-8-15/h3-10,16H,2,11-14H2,1H3,(H,25,30)/t16-/m1/s1. The smallest absolute Gasteiger partial charge is 0.255 e. The average Bonchev–Trinajstić information content (AvgIpc) is 3.41. The van der Waals surface area contributed by atoms with E-state index in [9.17, 15) is 14.0 Å². The zero-order valence-corrected chi connectivity index (χ0v) is 17.6. The number of carbonyl (C=O) groups is 2. The van der Waals surface area contributed by atoms with Gasteiger partial charge in [-0.15, -0.1) is 0 Å². The molecule has 4 rings (SSSR count). The lowest BCUT2D eigenvalue weighted by Gasteiger charge is -2.16. The lowest BCUT2D eigenvalue weighted by molar-refractivity contribution is -0.128. The van der Waals surface area contributed by atoms with Gasteiger partial charge in [0.05, 0.1) is 18.7 Å². The highest BCUT2D eigenvalue weighted by molar-refractivity contribution is 5.96. The van der Waals surface area contributed by atoms with Gasteiger partial charge in [0, 0.05) is 25.4 Å². The van der Waals surface area contributed by atoms with Crippen molar-refractivity contribution in [3.8, 4) is 5.75 Å². The molecule has 32 heavy (non-hydrogen) atoms. The molecule has 0 bridgehead atoms. The maximum atomic E-state index is 13.1. The Bertz CT molecular complexity index is 1100. The highest BCUT2D eigenvalue weighted by Crippen LogP contribution is 2.27. The third-order valence-electron chi connectivity index (χ3n) is 5.18. The highest BCUT2D eigenvalue weighted by Gasteiger charge is 2.33. The average molecular weight is 438 g/mol. The molecule has 9 heteroatoms. The first kappa shape index (κ1) is 21.5. The Hall–Kier alpha value is -3.75. The molecule has 3 aromatic rings. The number of halogens is 1. The van der Waals surface area contributed by atoms with E-state index >= 15 is 0 Å². The summed E-state index contributed by atoms with van der Waals surface area (Å²) in [5.74, 6) is 0.346. The lowest BCUT2D eigenvalue weighted by atomic mass is 10.1. The topological polar surface area (TPSA) is 97.6 Å². The molecule has 2 heterocycles. The van der Waals surface area contributed by atoms with Crippen molar-refractivity contribution in [2.75, 3.05) is 13.2 Å². The third-order valence-corrected chi connectivity index (χ3v) is 5.18. The molecular formula is C23H23FN4O4. The Morgan fingerprint density at radius 2 is 2.03 bits per heavy atom. The van der Waals surface area contributed by atoms with Gasteiger partial charge in [-0.25, -0.2) is 4.39 Å². The molecule has 1 aliphatic rings. The van der Waals surface area contributed by atoms with E-state index in [-0.39, 0.29) is 42.4 Å². The minimum atomic E-state index is -0.313. The van der Waals surface area contributed by atoms with Crippen molar-refractivity contribution in [1.29, 1.82) is 0 Å². The largest absolute Gasteiger partial charge is 0.493 e. The van der Waals surface area contributed by atoms with E-state index in [2.05, 4.69) is 15.5 Å². The Labute approximate surface area is 184 Å². The molecule has 1 aliphatic heterocycles. The van der Waals surface area contributed by atoms with Crippen LogP contribution in [-0.4, -0.2) is 40.0 Å². The Balaban J connectivity index is 1.34. The number of nitrogens with one attached hydrogen (secondary N) is 1. The maximum Gasteiger partial charge on any atom is 0.255 e. The van der Waals surface area contributed by atoms with Gasteiger partial charge < -0.3 is 19.5 Å². The number of aromatic nitrogens is 2. The number of ether oxygens (including phenoxy) is 1. The van der Waals surface area contributed by atoms with Crippen LogP contribution in [0, 0.1) is 5.82 Å². The van der Waals surface area contributed by atoms with Crippen molar-refractivity contribution in [3.05, 3.63) is 77.2 Å². The molecular weight excluding hydrogens is 415 g/mol. The molecule has 1 atom stereocenters. The second-order valence-electron chi connectivity index (χ2n) is 7.46. The van der Waals surface area contributed by atoms with Gasteiger partial charge in [-0.1, -0.05) is 29.4 Å². The molecule has 0 saturated carbocycles. The number of hydrogen-bond acceptors (Lipinski definition) is 6. The van der Waals surface area contributed by atoms with Crippen molar-refractivity contribution < 1.29 is 23.2 Å². The molecule has 8 nitrogen and oxygen atoms in total. The highest BCUT2D eigenvalue weighted by atomic mass is 19.1. The van der Waals surface area contributed by atoms with Crippen LogP contribution in [0.15, 0.2) is 53.1 Å². The Kier molecular flexibility index (Phi) is 6.44. The number of hydrogen-bond donors (Lipinski definition) is 1. The van der Waals surface area contributed by atoms with Gasteiger partial charge in [0.2, 0.25) is 11.8 Å². The van der Waals surface area contributed by atoms with Crippen LogP contribution in [-0.2, 0) is 17.9 Å². The second kappa shape index (κ2) is 9.59. The van der Waals surface area contributed by atoms with Crippen LogP contribution in [0.4, 0.5) is 4.39 Å². The van der Waals surface area contributed by atoms with Gasteiger partial charge in [0.25, 0.3) is 5.91 Å².